The molecule has 1 heterocycles. The Labute approximate surface area is 152 Å². The quantitative estimate of drug-likeness (QED) is 0.522. The van der Waals surface area contributed by atoms with E-state index in [9.17, 15) is 22.9 Å². The van der Waals surface area contributed by atoms with E-state index in [0.29, 0.717) is 18.1 Å². The molecule has 8 nitrogen and oxygen atoms in total. The molecule has 0 aliphatic carbocycles. The molecule has 3 rings (SSSR count). The summed E-state index contributed by atoms with van der Waals surface area (Å²) in [6, 6.07) is 6.06. The first kappa shape index (κ1) is 18.1. The lowest BCUT2D eigenvalue weighted by Crippen LogP contribution is -2.15. The Morgan fingerprint density at radius 1 is 1.35 bits per heavy atom. The number of aromatic nitrogens is 2. The van der Waals surface area contributed by atoms with Crippen molar-refractivity contribution in [1.82, 2.24) is 9.78 Å². The first-order valence-corrected chi connectivity index (χ1v) is 9.21. The number of nitrogens with one attached hydrogen (secondary N) is 1. The van der Waals surface area contributed by atoms with Crippen LogP contribution < -0.4 is 4.72 Å². The first-order valence-electron chi connectivity index (χ1n) is 7.34. The average molecular weight is 399 g/mol. The van der Waals surface area contributed by atoms with Gasteiger partial charge < -0.3 is 0 Å². The topological polar surface area (TPSA) is 107 Å². The van der Waals surface area contributed by atoms with E-state index in [-0.39, 0.29) is 5.69 Å². The predicted octanol–water partition coefficient (Wildman–Crippen LogP) is 3.56. The zero-order valence-corrected chi connectivity index (χ0v) is 14.9. The molecule has 0 aliphatic rings. The van der Waals surface area contributed by atoms with E-state index in [1.54, 1.807) is 23.0 Å². The molecule has 0 saturated heterocycles. The minimum atomic E-state index is -4.44. The van der Waals surface area contributed by atoms with Crippen LogP contribution in [0.25, 0.3) is 10.9 Å². The van der Waals surface area contributed by atoms with Crippen LogP contribution in [0.4, 0.5) is 15.8 Å². The molecule has 0 spiro atoms. The van der Waals surface area contributed by atoms with Crippen molar-refractivity contribution in [3.8, 4) is 0 Å². The molecule has 0 radical (unpaired) electrons. The fourth-order valence-corrected chi connectivity index (χ4v) is 3.89. The highest BCUT2D eigenvalue weighted by molar-refractivity contribution is 7.92. The van der Waals surface area contributed by atoms with E-state index in [1.165, 1.54) is 6.07 Å². The van der Waals surface area contributed by atoms with Gasteiger partial charge in [0.05, 0.1) is 27.3 Å². The summed E-state index contributed by atoms with van der Waals surface area (Å²) in [5, 5.41) is 15.2. The van der Waals surface area contributed by atoms with Gasteiger partial charge in [-0.15, -0.1) is 0 Å². The smallest absolute Gasteiger partial charge is 0.272 e. The molecule has 1 N–H and O–H groups in total. The fraction of sp³-hybridized carbons (Fsp3) is 0.133. The minimum absolute atomic E-state index is 0.162. The van der Waals surface area contributed by atoms with Crippen LogP contribution in [0.15, 0.2) is 41.4 Å². The maximum atomic E-state index is 14.2. The van der Waals surface area contributed by atoms with Gasteiger partial charge in [-0.1, -0.05) is 11.6 Å². The first-order chi connectivity index (χ1) is 12.2. The Balaban J connectivity index is 2.06. The van der Waals surface area contributed by atoms with E-state index in [0.717, 1.165) is 11.5 Å². The molecule has 0 bridgehead atoms. The number of nitro benzene ring substituents is 1. The van der Waals surface area contributed by atoms with Gasteiger partial charge in [-0.2, -0.15) is 5.10 Å². The second kappa shape index (κ2) is 6.54. The fourth-order valence-electron chi connectivity index (χ4n) is 2.45. The third-order valence-electron chi connectivity index (χ3n) is 3.68. The molecule has 136 valence electrons. The number of nitrogens with zero attached hydrogens (tertiary/aromatic N) is 3. The maximum Gasteiger partial charge on any atom is 0.272 e. The standard InChI is InChI=1S/C15H12ClFN4O4S/c1-2-20-13-5-10(4-3-9(13)8-18-20)19-26(24,25)14-7-11(21(22)23)6-12(16)15(14)17/h3-8,19H,2H2,1H3. The highest BCUT2D eigenvalue weighted by Crippen LogP contribution is 2.30. The van der Waals surface area contributed by atoms with Crippen LogP contribution in [-0.4, -0.2) is 23.1 Å². The summed E-state index contributed by atoms with van der Waals surface area (Å²) in [5.74, 6) is -1.26. The molecule has 0 amide bonds. The number of rotatable bonds is 5. The van der Waals surface area contributed by atoms with Gasteiger partial charge in [-0.05, 0) is 25.1 Å². The van der Waals surface area contributed by atoms with E-state index in [4.69, 9.17) is 11.6 Å². The van der Waals surface area contributed by atoms with Gasteiger partial charge in [0.1, 0.15) is 4.90 Å². The predicted molar refractivity (Wildman–Crippen MR) is 94.3 cm³/mol. The summed E-state index contributed by atoms with van der Waals surface area (Å²) in [4.78, 5) is 9.14. The van der Waals surface area contributed by atoms with Crippen LogP contribution in [0, 0.1) is 15.9 Å². The summed E-state index contributed by atoms with van der Waals surface area (Å²) in [6.45, 7) is 2.46. The number of non-ortho nitro benzene ring substituents is 1. The normalized spacial score (nSPS) is 11.7. The Hall–Kier alpha value is -2.72. The van der Waals surface area contributed by atoms with Crippen LogP contribution in [0.1, 0.15) is 6.92 Å². The van der Waals surface area contributed by atoms with E-state index >= 15 is 0 Å². The summed E-state index contributed by atoms with van der Waals surface area (Å²) in [7, 11) is -4.44. The summed E-state index contributed by atoms with van der Waals surface area (Å²) >= 11 is 5.59. The van der Waals surface area contributed by atoms with Crippen molar-refractivity contribution < 1.29 is 17.7 Å². The molecule has 1 aromatic heterocycles. The van der Waals surface area contributed by atoms with Gasteiger partial charge >= 0.3 is 0 Å². The van der Waals surface area contributed by atoms with E-state index in [1.807, 2.05) is 6.92 Å². The van der Waals surface area contributed by atoms with Gasteiger partial charge in [0.25, 0.3) is 15.7 Å². The lowest BCUT2D eigenvalue weighted by atomic mass is 10.2. The van der Waals surface area contributed by atoms with Gasteiger partial charge in [0.15, 0.2) is 5.82 Å². The van der Waals surface area contributed by atoms with Crippen molar-refractivity contribution in [3.63, 3.8) is 0 Å². The molecule has 0 fully saturated rings. The number of hydrogen-bond acceptors (Lipinski definition) is 5. The van der Waals surface area contributed by atoms with Crippen molar-refractivity contribution in [2.75, 3.05) is 4.72 Å². The van der Waals surface area contributed by atoms with Crippen LogP contribution in [-0.2, 0) is 16.6 Å². The third-order valence-corrected chi connectivity index (χ3v) is 5.33. The van der Waals surface area contributed by atoms with E-state index < -0.39 is 36.4 Å². The monoisotopic (exact) mass is 398 g/mol. The zero-order valence-electron chi connectivity index (χ0n) is 13.3. The number of fused-ring (bicyclic) bond motifs is 1. The summed E-state index contributed by atoms with van der Waals surface area (Å²) in [6.07, 6.45) is 1.64. The zero-order chi connectivity index (χ0) is 19.1. The number of halogens is 2. The van der Waals surface area contributed by atoms with Crippen LogP contribution in [0.2, 0.25) is 5.02 Å². The van der Waals surface area contributed by atoms with E-state index in [2.05, 4.69) is 9.82 Å². The van der Waals surface area contributed by atoms with Gasteiger partial charge in [-0.25, -0.2) is 12.8 Å². The third kappa shape index (κ3) is 3.20. The lowest BCUT2D eigenvalue weighted by Gasteiger charge is -2.10. The highest BCUT2D eigenvalue weighted by Gasteiger charge is 2.26. The van der Waals surface area contributed by atoms with Gasteiger partial charge in [-0.3, -0.25) is 19.5 Å². The highest BCUT2D eigenvalue weighted by atomic mass is 35.5. The molecule has 0 saturated carbocycles. The second-order valence-electron chi connectivity index (χ2n) is 5.34. The van der Waals surface area contributed by atoms with Crippen molar-refractivity contribution in [2.45, 2.75) is 18.4 Å². The Kier molecular flexibility index (Phi) is 4.55. The molecule has 3 aromatic rings. The van der Waals surface area contributed by atoms with Crippen molar-refractivity contribution in [3.05, 3.63) is 57.5 Å². The average Bonchev–Trinajstić information content (AvgIpc) is 2.98. The minimum Gasteiger partial charge on any atom is -0.279 e. The second-order valence-corrected chi connectivity index (χ2v) is 7.39. The van der Waals surface area contributed by atoms with Crippen LogP contribution >= 0.6 is 11.6 Å². The summed E-state index contributed by atoms with van der Waals surface area (Å²) < 4.78 is 43.1. The largest absolute Gasteiger partial charge is 0.279 e. The number of anilines is 1. The molecule has 2 aromatic carbocycles. The van der Waals surface area contributed by atoms with Crippen molar-refractivity contribution in [1.29, 1.82) is 0 Å². The molecular formula is C15H12ClFN4O4S. The number of benzene rings is 2. The summed E-state index contributed by atoms with van der Waals surface area (Å²) in [5.41, 5.74) is 0.219. The molecular weight excluding hydrogens is 387 g/mol. The number of sulfonamides is 1. The number of nitro groups is 1. The molecule has 0 aliphatic heterocycles. The SMILES string of the molecule is CCn1ncc2ccc(NS(=O)(=O)c3cc([N+](=O)[O-])cc(Cl)c3F)cc21. The van der Waals surface area contributed by atoms with Crippen LogP contribution in [0.3, 0.4) is 0 Å². The lowest BCUT2D eigenvalue weighted by molar-refractivity contribution is -0.385. The number of hydrogen-bond donors (Lipinski definition) is 1. The molecule has 0 unspecified atom stereocenters. The Morgan fingerprint density at radius 3 is 2.73 bits per heavy atom. The molecule has 0 atom stereocenters. The Morgan fingerprint density at radius 2 is 2.08 bits per heavy atom. The van der Waals surface area contributed by atoms with Crippen LogP contribution in [0.5, 0.6) is 0 Å². The van der Waals surface area contributed by atoms with Crippen molar-refractivity contribution in [2.24, 2.45) is 0 Å². The maximum absolute atomic E-state index is 14.2. The number of aryl methyl sites for hydroxylation is 1. The molecule has 26 heavy (non-hydrogen) atoms. The molecule has 11 heteroatoms. The van der Waals surface area contributed by atoms with Crippen molar-refractivity contribution >= 4 is 43.9 Å². The van der Waals surface area contributed by atoms with Gasteiger partial charge in [0.2, 0.25) is 0 Å². The Bertz CT molecular complexity index is 1130. The van der Waals surface area contributed by atoms with Gasteiger partial charge in [0, 0.05) is 24.1 Å².